The number of likely N-dealkylation sites (tertiary alicyclic amines) is 1. The Bertz CT molecular complexity index is 603. The molecule has 0 bridgehead atoms. The highest BCUT2D eigenvalue weighted by Gasteiger charge is 2.31. The Kier molecular flexibility index (Phi) is 4.93. The molecule has 0 saturated carbocycles. The molecule has 1 atom stereocenters. The molecule has 0 aliphatic carbocycles. The number of halogens is 1. The van der Waals surface area contributed by atoms with Crippen molar-refractivity contribution in [1.29, 1.82) is 0 Å². The van der Waals surface area contributed by atoms with E-state index in [0.717, 1.165) is 18.5 Å². The van der Waals surface area contributed by atoms with Gasteiger partial charge in [-0.15, -0.1) is 12.4 Å². The predicted molar refractivity (Wildman–Crippen MR) is 78.0 cm³/mol. The van der Waals surface area contributed by atoms with Gasteiger partial charge >= 0.3 is 5.97 Å². The number of hydrogen-bond donors (Lipinski definition) is 1. The van der Waals surface area contributed by atoms with Gasteiger partial charge in [0.1, 0.15) is 6.04 Å². The highest BCUT2D eigenvalue weighted by molar-refractivity contribution is 5.85. The quantitative estimate of drug-likeness (QED) is 0.932. The van der Waals surface area contributed by atoms with Gasteiger partial charge in [-0.2, -0.15) is 4.98 Å². The van der Waals surface area contributed by atoms with E-state index in [1.807, 2.05) is 35.2 Å². The van der Waals surface area contributed by atoms with Crippen molar-refractivity contribution in [3.8, 4) is 11.4 Å². The average Bonchev–Trinajstić information content (AvgIpc) is 3.09. The maximum absolute atomic E-state index is 11.1. The lowest BCUT2D eigenvalue weighted by Crippen LogP contribution is -2.35. The van der Waals surface area contributed by atoms with E-state index in [1.54, 1.807) is 0 Å². The van der Waals surface area contributed by atoms with Crippen LogP contribution >= 0.6 is 12.4 Å². The van der Waals surface area contributed by atoms with Crippen LogP contribution in [-0.2, 0) is 11.3 Å². The zero-order valence-electron chi connectivity index (χ0n) is 11.3. The van der Waals surface area contributed by atoms with Crippen molar-refractivity contribution in [1.82, 2.24) is 15.0 Å². The number of carboxylic acid groups (broad SMARTS) is 1. The fourth-order valence-electron chi connectivity index (χ4n) is 2.49. The number of hydrogen-bond acceptors (Lipinski definition) is 5. The van der Waals surface area contributed by atoms with Gasteiger partial charge in [0.15, 0.2) is 0 Å². The first-order valence-corrected chi connectivity index (χ1v) is 6.59. The van der Waals surface area contributed by atoms with E-state index < -0.39 is 12.0 Å². The first kappa shape index (κ1) is 15.5. The van der Waals surface area contributed by atoms with Crippen LogP contribution in [0.2, 0.25) is 0 Å². The van der Waals surface area contributed by atoms with Gasteiger partial charge < -0.3 is 9.63 Å². The van der Waals surface area contributed by atoms with Gasteiger partial charge in [0, 0.05) is 5.56 Å². The summed E-state index contributed by atoms with van der Waals surface area (Å²) < 4.78 is 5.21. The molecule has 0 unspecified atom stereocenters. The Hall–Kier alpha value is -1.92. The molecule has 1 aromatic carbocycles. The molecule has 6 nitrogen and oxygen atoms in total. The van der Waals surface area contributed by atoms with Crippen molar-refractivity contribution in [3.63, 3.8) is 0 Å². The molecule has 2 heterocycles. The summed E-state index contributed by atoms with van der Waals surface area (Å²) in [5.74, 6) is 0.203. The van der Waals surface area contributed by atoms with Gasteiger partial charge in [0.25, 0.3) is 0 Å². The number of nitrogens with zero attached hydrogens (tertiary/aromatic N) is 3. The second-order valence-corrected chi connectivity index (χ2v) is 4.84. The molecule has 0 radical (unpaired) electrons. The highest BCUT2D eigenvalue weighted by atomic mass is 35.5. The van der Waals surface area contributed by atoms with E-state index >= 15 is 0 Å². The van der Waals surface area contributed by atoms with Gasteiger partial charge in [-0.25, -0.2) is 0 Å². The lowest BCUT2D eigenvalue weighted by Gasteiger charge is -2.18. The summed E-state index contributed by atoms with van der Waals surface area (Å²) in [6.45, 7) is 1.14. The second kappa shape index (κ2) is 6.69. The fraction of sp³-hybridized carbons (Fsp3) is 0.357. The fourth-order valence-corrected chi connectivity index (χ4v) is 2.49. The largest absolute Gasteiger partial charge is 0.480 e. The van der Waals surface area contributed by atoms with Crippen LogP contribution in [0.3, 0.4) is 0 Å². The number of carboxylic acids is 1. The van der Waals surface area contributed by atoms with Gasteiger partial charge in [-0.1, -0.05) is 35.5 Å². The normalized spacial score (nSPS) is 18.4. The number of carbonyl (C=O) groups is 1. The third-order valence-corrected chi connectivity index (χ3v) is 3.49. The van der Waals surface area contributed by atoms with Crippen LogP contribution in [0.1, 0.15) is 18.7 Å². The van der Waals surface area contributed by atoms with E-state index in [-0.39, 0.29) is 12.4 Å². The van der Waals surface area contributed by atoms with Crippen LogP contribution in [0, 0.1) is 0 Å². The monoisotopic (exact) mass is 309 g/mol. The van der Waals surface area contributed by atoms with Crippen molar-refractivity contribution >= 4 is 18.4 Å². The second-order valence-electron chi connectivity index (χ2n) is 4.84. The predicted octanol–water partition coefficient (Wildman–Crippen LogP) is 2.21. The van der Waals surface area contributed by atoms with E-state index in [1.165, 1.54) is 0 Å². The Balaban J connectivity index is 0.00000161. The first-order valence-electron chi connectivity index (χ1n) is 6.59. The Morgan fingerprint density at radius 3 is 2.86 bits per heavy atom. The summed E-state index contributed by atoms with van der Waals surface area (Å²) in [5, 5.41) is 13.1. The topological polar surface area (TPSA) is 79.5 Å². The van der Waals surface area contributed by atoms with Crippen molar-refractivity contribution in [2.75, 3.05) is 6.54 Å². The Labute approximate surface area is 128 Å². The minimum Gasteiger partial charge on any atom is -0.480 e. The van der Waals surface area contributed by atoms with Crippen LogP contribution in [0.15, 0.2) is 34.9 Å². The van der Waals surface area contributed by atoms with Crippen molar-refractivity contribution in [2.24, 2.45) is 0 Å². The zero-order chi connectivity index (χ0) is 13.9. The molecule has 3 rings (SSSR count). The highest BCUT2D eigenvalue weighted by Crippen LogP contribution is 2.21. The standard InChI is InChI=1S/C14H15N3O3.ClH/c18-14(19)11-7-4-8-17(11)9-12-15-13(16-20-12)10-5-2-1-3-6-10;/h1-3,5-6,11H,4,7-9H2,(H,18,19);1H/t11-;/m0./s1. The lowest BCUT2D eigenvalue weighted by molar-refractivity contribution is -0.142. The van der Waals surface area contributed by atoms with E-state index in [2.05, 4.69) is 10.1 Å². The Morgan fingerprint density at radius 1 is 1.38 bits per heavy atom. The molecule has 7 heteroatoms. The van der Waals surface area contributed by atoms with Gasteiger partial charge in [0.2, 0.25) is 11.7 Å². The van der Waals surface area contributed by atoms with Crippen LogP contribution in [0.4, 0.5) is 0 Å². The van der Waals surface area contributed by atoms with Gasteiger partial charge in [-0.3, -0.25) is 9.69 Å². The third kappa shape index (κ3) is 3.40. The molecule has 1 saturated heterocycles. The number of rotatable bonds is 4. The molecule has 1 N–H and O–H groups in total. The number of benzene rings is 1. The molecule has 0 amide bonds. The molecule has 1 fully saturated rings. The molecule has 0 spiro atoms. The maximum atomic E-state index is 11.1. The molecule has 1 aromatic heterocycles. The third-order valence-electron chi connectivity index (χ3n) is 3.49. The number of aromatic nitrogens is 2. The van der Waals surface area contributed by atoms with Crippen LogP contribution in [0.5, 0.6) is 0 Å². The van der Waals surface area contributed by atoms with Crippen LogP contribution in [0.25, 0.3) is 11.4 Å². The minimum absolute atomic E-state index is 0. The van der Waals surface area contributed by atoms with Crippen molar-refractivity contribution < 1.29 is 14.4 Å². The maximum Gasteiger partial charge on any atom is 0.320 e. The summed E-state index contributed by atoms with van der Waals surface area (Å²) in [6.07, 6.45) is 1.56. The summed E-state index contributed by atoms with van der Waals surface area (Å²) in [7, 11) is 0. The van der Waals surface area contributed by atoms with E-state index in [9.17, 15) is 4.79 Å². The van der Waals surface area contributed by atoms with Crippen LogP contribution < -0.4 is 0 Å². The van der Waals surface area contributed by atoms with E-state index in [0.29, 0.717) is 24.7 Å². The van der Waals surface area contributed by atoms with E-state index in [4.69, 9.17) is 9.63 Å². The summed E-state index contributed by atoms with van der Waals surface area (Å²) in [5.41, 5.74) is 0.888. The van der Waals surface area contributed by atoms with Crippen molar-refractivity contribution in [3.05, 3.63) is 36.2 Å². The number of aliphatic carboxylic acids is 1. The molecule has 1 aliphatic heterocycles. The van der Waals surface area contributed by atoms with Gasteiger partial charge in [-0.05, 0) is 19.4 Å². The molecule has 21 heavy (non-hydrogen) atoms. The van der Waals surface area contributed by atoms with Crippen LogP contribution in [-0.4, -0.2) is 38.7 Å². The Morgan fingerprint density at radius 2 is 2.14 bits per heavy atom. The molecular weight excluding hydrogens is 294 g/mol. The van der Waals surface area contributed by atoms with Crippen molar-refractivity contribution in [2.45, 2.75) is 25.4 Å². The lowest BCUT2D eigenvalue weighted by atomic mass is 10.2. The smallest absolute Gasteiger partial charge is 0.320 e. The molecule has 1 aliphatic rings. The molecule has 112 valence electrons. The van der Waals surface area contributed by atoms with Gasteiger partial charge in [0.05, 0.1) is 6.54 Å². The summed E-state index contributed by atoms with van der Waals surface area (Å²) in [4.78, 5) is 17.3. The first-order chi connectivity index (χ1) is 9.74. The SMILES string of the molecule is Cl.O=C(O)[C@@H]1CCCN1Cc1nc(-c2ccccc2)no1. The average molecular weight is 310 g/mol. The minimum atomic E-state index is -0.787. The zero-order valence-corrected chi connectivity index (χ0v) is 12.1. The molecular formula is C14H16ClN3O3. The summed E-state index contributed by atoms with van der Waals surface area (Å²) in [6, 6.07) is 9.11. The summed E-state index contributed by atoms with van der Waals surface area (Å²) >= 11 is 0. The molecule has 2 aromatic rings.